The normalized spacial score (nSPS) is 18.1. The Balaban J connectivity index is 2.13. The van der Waals surface area contributed by atoms with Crippen LogP contribution in [0.5, 0.6) is 5.75 Å². The fourth-order valence-electron chi connectivity index (χ4n) is 2.30. The zero-order chi connectivity index (χ0) is 14.5. The number of para-hydroxylation sites is 1. The van der Waals surface area contributed by atoms with Gasteiger partial charge in [-0.05, 0) is 31.9 Å². The first-order chi connectivity index (χ1) is 9.65. The first kappa shape index (κ1) is 14.3. The number of carbonyl (C=O) groups excluding carboxylic acids is 2. The standard InChI is InChI=1S/C14H18N2O4/c1-2-20-15-13(18)11-7-5-9-16(11)14(19)10-6-3-4-8-12(10)17/h3-4,6,8,11,17H,2,5,7,9H2,1H3,(H,15,18)/t11-/m0/s1. The van der Waals surface area contributed by atoms with Gasteiger partial charge in [-0.3, -0.25) is 14.4 Å². The molecule has 1 saturated heterocycles. The summed E-state index contributed by atoms with van der Waals surface area (Å²) in [5.41, 5.74) is 2.54. The van der Waals surface area contributed by atoms with Gasteiger partial charge in [0.05, 0.1) is 12.2 Å². The molecule has 2 N–H and O–H groups in total. The number of aromatic hydroxyl groups is 1. The van der Waals surface area contributed by atoms with E-state index in [-0.39, 0.29) is 23.1 Å². The van der Waals surface area contributed by atoms with Crippen molar-refractivity contribution in [3.63, 3.8) is 0 Å². The number of rotatable bonds is 4. The van der Waals surface area contributed by atoms with Crippen LogP contribution in [0.4, 0.5) is 0 Å². The van der Waals surface area contributed by atoms with Gasteiger partial charge in [-0.1, -0.05) is 12.1 Å². The summed E-state index contributed by atoms with van der Waals surface area (Å²) >= 11 is 0. The Morgan fingerprint density at radius 3 is 2.90 bits per heavy atom. The van der Waals surface area contributed by atoms with Crippen LogP contribution in [0.3, 0.4) is 0 Å². The van der Waals surface area contributed by atoms with Gasteiger partial charge in [-0.15, -0.1) is 0 Å². The molecule has 1 aromatic rings. The average Bonchev–Trinajstić information content (AvgIpc) is 2.94. The van der Waals surface area contributed by atoms with Gasteiger partial charge in [-0.25, -0.2) is 5.48 Å². The van der Waals surface area contributed by atoms with Gasteiger partial charge in [0.1, 0.15) is 11.8 Å². The van der Waals surface area contributed by atoms with E-state index in [2.05, 4.69) is 5.48 Å². The van der Waals surface area contributed by atoms with Gasteiger partial charge in [0, 0.05) is 6.54 Å². The second-order valence-electron chi connectivity index (χ2n) is 4.57. The Bertz CT molecular complexity index is 504. The molecule has 0 radical (unpaired) electrons. The molecular formula is C14H18N2O4. The third-order valence-electron chi connectivity index (χ3n) is 3.27. The molecule has 6 nitrogen and oxygen atoms in total. The molecule has 0 spiro atoms. The molecule has 0 unspecified atom stereocenters. The van der Waals surface area contributed by atoms with E-state index in [1.165, 1.54) is 11.0 Å². The van der Waals surface area contributed by atoms with Crippen LogP contribution >= 0.6 is 0 Å². The topological polar surface area (TPSA) is 78.9 Å². The molecule has 1 aliphatic rings. The molecule has 2 rings (SSSR count). The summed E-state index contributed by atoms with van der Waals surface area (Å²) in [7, 11) is 0. The van der Waals surface area contributed by atoms with Gasteiger partial charge >= 0.3 is 0 Å². The highest BCUT2D eigenvalue weighted by molar-refractivity contribution is 5.99. The summed E-state index contributed by atoms with van der Waals surface area (Å²) in [6.07, 6.45) is 1.35. The van der Waals surface area contributed by atoms with Crippen molar-refractivity contribution in [2.45, 2.75) is 25.8 Å². The fraction of sp³-hybridized carbons (Fsp3) is 0.429. The number of phenols is 1. The lowest BCUT2D eigenvalue weighted by Gasteiger charge is -2.24. The molecule has 20 heavy (non-hydrogen) atoms. The summed E-state index contributed by atoms with van der Waals surface area (Å²) in [5.74, 6) is -0.737. The largest absolute Gasteiger partial charge is 0.507 e. The minimum atomic E-state index is -0.548. The number of nitrogens with one attached hydrogen (secondary N) is 1. The molecule has 1 atom stereocenters. The van der Waals surface area contributed by atoms with Crippen molar-refractivity contribution in [1.29, 1.82) is 0 Å². The Kier molecular flexibility index (Phi) is 4.57. The maximum Gasteiger partial charge on any atom is 0.266 e. The summed E-state index contributed by atoms with van der Waals surface area (Å²) in [6, 6.07) is 5.79. The highest BCUT2D eigenvalue weighted by Gasteiger charge is 2.35. The molecule has 0 bridgehead atoms. The fourth-order valence-corrected chi connectivity index (χ4v) is 2.30. The van der Waals surface area contributed by atoms with E-state index in [1.807, 2.05) is 0 Å². The summed E-state index contributed by atoms with van der Waals surface area (Å²) in [6.45, 7) is 2.63. The third-order valence-corrected chi connectivity index (χ3v) is 3.27. The van der Waals surface area contributed by atoms with Crippen LogP contribution < -0.4 is 5.48 Å². The maximum atomic E-state index is 12.4. The molecule has 108 valence electrons. The lowest BCUT2D eigenvalue weighted by atomic mass is 10.1. The number of amides is 2. The van der Waals surface area contributed by atoms with Crippen molar-refractivity contribution in [2.24, 2.45) is 0 Å². The summed E-state index contributed by atoms with van der Waals surface area (Å²) < 4.78 is 0. The van der Waals surface area contributed by atoms with E-state index in [1.54, 1.807) is 25.1 Å². The van der Waals surface area contributed by atoms with Crippen molar-refractivity contribution in [1.82, 2.24) is 10.4 Å². The highest BCUT2D eigenvalue weighted by Crippen LogP contribution is 2.24. The van der Waals surface area contributed by atoms with Crippen molar-refractivity contribution < 1.29 is 19.5 Å². The lowest BCUT2D eigenvalue weighted by Crippen LogP contribution is -2.45. The van der Waals surface area contributed by atoms with E-state index in [9.17, 15) is 14.7 Å². The molecule has 0 aliphatic carbocycles. The van der Waals surface area contributed by atoms with Crippen LogP contribution in [-0.4, -0.2) is 41.0 Å². The van der Waals surface area contributed by atoms with Crippen LogP contribution in [0.2, 0.25) is 0 Å². The Labute approximate surface area is 117 Å². The van der Waals surface area contributed by atoms with E-state index < -0.39 is 6.04 Å². The molecule has 1 fully saturated rings. The second-order valence-corrected chi connectivity index (χ2v) is 4.57. The van der Waals surface area contributed by atoms with Gasteiger partial charge in [0.25, 0.3) is 11.8 Å². The monoisotopic (exact) mass is 278 g/mol. The SMILES string of the molecule is CCONC(=O)[C@@H]1CCCN1C(=O)c1ccccc1O. The van der Waals surface area contributed by atoms with Crippen LogP contribution in [0.1, 0.15) is 30.1 Å². The van der Waals surface area contributed by atoms with Gasteiger partial charge in [0.15, 0.2) is 0 Å². The van der Waals surface area contributed by atoms with Gasteiger partial charge in [0.2, 0.25) is 0 Å². The molecule has 0 saturated carbocycles. The van der Waals surface area contributed by atoms with Crippen LogP contribution in [0, 0.1) is 0 Å². The maximum absolute atomic E-state index is 12.4. The Hall–Kier alpha value is -2.08. The van der Waals surface area contributed by atoms with Crippen molar-refractivity contribution in [3.05, 3.63) is 29.8 Å². The van der Waals surface area contributed by atoms with Gasteiger partial charge < -0.3 is 10.0 Å². The number of hydrogen-bond acceptors (Lipinski definition) is 4. The number of hydrogen-bond donors (Lipinski definition) is 2. The van der Waals surface area contributed by atoms with Gasteiger partial charge in [-0.2, -0.15) is 0 Å². The van der Waals surface area contributed by atoms with Crippen molar-refractivity contribution in [2.75, 3.05) is 13.2 Å². The smallest absolute Gasteiger partial charge is 0.266 e. The molecule has 1 aromatic carbocycles. The minimum Gasteiger partial charge on any atom is -0.507 e. The Morgan fingerprint density at radius 2 is 2.20 bits per heavy atom. The van der Waals surface area contributed by atoms with E-state index in [0.717, 1.165) is 6.42 Å². The first-order valence-electron chi connectivity index (χ1n) is 6.65. The number of phenolic OH excluding ortho intramolecular Hbond substituents is 1. The van der Waals surface area contributed by atoms with Crippen LogP contribution in [0.15, 0.2) is 24.3 Å². The number of nitrogens with zero attached hydrogens (tertiary/aromatic N) is 1. The predicted octanol–water partition coefficient (Wildman–Crippen LogP) is 1.06. The quantitative estimate of drug-likeness (QED) is 0.807. The molecule has 1 aliphatic heterocycles. The molecule has 0 aromatic heterocycles. The number of carbonyl (C=O) groups is 2. The first-order valence-corrected chi connectivity index (χ1v) is 6.65. The van der Waals surface area contributed by atoms with E-state index >= 15 is 0 Å². The zero-order valence-electron chi connectivity index (χ0n) is 11.3. The average molecular weight is 278 g/mol. The minimum absolute atomic E-state index is 0.0756. The number of hydroxylamine groups is 1. The third kappa shape index (κ3) is 2.91. The number of benzene rings is 1. The van der Waals surface area contributed by atoms with E-state index in [4.69, 9.17) is 4.84 Å². The second kappa shape index (κ2) is 6.38. The molecule has 1 heterocycles. The van der Waals surface area contributed by atoms with Crippen molar-refractivity contribution >= 4 is 11.8 Å². The lowest BCUT2D eigenvalue weighted by molar-refractivity contribution is -0.137. The van der Waals surface area contributed by atoms with Crippen LogP contribution in [-0.2, 0) is 9.63 Å². The zero-order valence-corrected chi connectivity index (χ0v) is 11.3. The molecule has 6 heteroatoms. The Morgan fingerprint density at radius 1 is 1.45 bits per heavy atom. The summed E-state index contributed by atoms with van der Waals surface area (Å²) in [4.78, 5) is 30.7. The van der Waals surface area contributed by atoms with Crippen LogP contribution in [0.25, 0.3) is 0 Å². The van der Waals surface area contributed by atoms with E-state index in [0.29, 0.717) is 19.6 Å². The summed E-state index contributed by atoms with van der Waals surface area (Å²) in [5, 5.41) is 9.73. The molecule has 2 amide bonds. The number of likely N-dealkylation sites (tertiary alicyclic amines) is 1. The molecular weight excluding hydrogens is 260 g/mol. The predicted molar refractivity (Wildman–Crippen MR) is 71.9 cm³/mol. The highest BCUT2D eigenvalue weighted by atomic mass is 16.6. The van der Waals surface area contributed by atoms with Crippen molar-refractivity contribution in [3.8, 4) is 5.75 Å².